The Bertz CT molecular complexity index is 734. The van der Waals surface area contributed by atoms with E-state index in [1.807, 2.05) is 29.8 Å². The molecule has 1 fully saturated rings. The normalized spacial score (nSPS) is 19.5. The van der Waals surface area contributed by atoms with Gasteiger partial charge in [0.2, 0.25) is 0 Å². The van der Waals surface area contributed by atoms with E-state index < -0.39 is 0 Å². The summed E-state index contributed by atoms with van der Waals surface area (Å²) in [7, 11) is 0. The summed E-state index contributed by atoms with van der Waals surface area (Å²) in [5.41, 5.74) is 0. The Hall–Kier alpha value is -2.28. The summed E-state index contributed by atoms with van der Waals surface area (Å²) in [5, 5.41) is 4.91. The zero-order valence-electron chi connectivity index (χ0n) is 13.9. The lowest BCUT2D eigenvalue weighted by Crippen LogP contribution is -2.41. The number of hydrogen-bond donors (Lipinski definition) is 1. The van der Waals surface area contributed by atoms with Gasteiger partial charge < -0.3 is 19.7 Å². The van der Waals surface area contributed by atoms with Gasteiger partial charge in [0.05, 0.1) is 0 Å². The molecule has 0 radical (unpaired) electrons. The molecule has 4 rings (SSSR count). The van der Waals surface area contributed by atoms with Crippen LogP contribution in [0.25, 0.3) is 0 Å². The van der Waals surface area contributed by atoms with Crippen molar-refractivity contribution in [1.29, 1.82) is 0 Å². The zero-order chi connectivity index (χ0) is 17.1. The highest BCUT2D eigenvalue weighted by molar-refractivity contribution is 7.12. The number of ether oxygens (including phenoxy) is 2. The maximum atomic E-state index is 12.5. The van der Waals surface area contributed by atoms with Crippen LogP contribution in [0.2, 0.25) is 0 Å². The second-order valence-corrected chi connectivity index (χ2v) is 7.19. The average molecular weight is 359 g/mol. The van der Waals surface area contributed by atoms with Gasteiger partial charge in [0.15, 0.2) is 11.5 Å². The van der Waals surface area contributed by atoms with Crippen LogP contribution in [-0.4, -0.2) is 43.7 Å². The number of nitrogens with zero attached hydrogens (tertiary/aromatic N) is 2. The molecular weight excluding hydrogens is 338 g/mol. The fraction of sp³-hybridized carbons (Fsp3) is 0.444. The molecule has 2 aromatic heterocycles. The van der Waals surface area contributed by atoms with Crippen LogP contribution in [0.15, 0.2) is 29.8 Å². The summed E-state index contributed by atoms with van der Waals surface area (Å²) < 4.78 is 11.1. The molecule has 1 atom stereocenters. The summed E-state index contributed by atoms with van der Waals surface area (Å²) in [6.07, 6.45) is 4.05. The number of nitrogens with one attached hydrogen (secondary N) is 1. The van der Waals surface area contributed by atoms with Crippen molar-refractivity contribution in [2.75, 3.05) is 37.7 Å². The number of carbonyl (C=O) groups excluding carboxylic acids is 1. The molecule has 0 bridgehead atoms. The highest BCUT2D eigenvalue weighted by Crippen LogP contribution is 2.39. The molecular formula is C18H21N3O3S. The lowest BCUT2D eigenvalue weighted by molar-refractivity contribution is 0.0940. The van der Waals surface area contributed by atoms with Crippen LogP contribution in [0.5, 0.6) is 11.5 Å². The van der Waals surface area contributed by atoms with Gasteiger partial charge in [0.25, 0.3) is 5.91 Å². The van der Waals surface area contributed by atoms with E-state index in [1.165, 1.54) is 11.3 Å². The van der Waals surface area contributed by atoms with Crippen molar-refractivity contribution in [1.82, 2.24) is 10.3 Å². The topological polar surface area (TPSA) is 63.7 Å². The summed E-state index contributed by atoms with van der Waals surface area (Å²) in [4.78, 5) is 19.8. The van der Waals surface area contributed by atoms with E-state index >= 15 is 0 Å². The van der Waals surface area contributed by atoms with E-state index in [-0.39, 0.29) is 5.91 Å². The van der Waals surface area contributed by atoms with E-state index in [0.29, 0.717) is 42.1 Å². The third-order valence-corrected chi connectivity index (χ3v) is 5.49. The third-order valence-electron chi connectivity index (χ3n) is 4.55. The van der Waals surface area contributed by atoms with Gasteiger partial charge >= 0.3 is 0 Å². The molecule has 2 aliphatic heterocycles. The first-order valence-corrected chi connectivity index (χ1v) is 9.50. The minimum absolute atomic E-state index is 0.0771. The van der Waals surface area contributed by atoms with Gasteiger partial charge in [-0.3, -0.25) is 4.79 Å². The summed E-state index contributed by atoms with van der Waals surface area (Å²) in [5.74, 6) is 2.63. The average Bonchev–Trinajstić information content (AvgIpc) is 3.11. The van der Waals surface area contributed by atoms with Gasteiger partial charge in [-0.15, -0.1) is 11.3 Å². The number of piperidine rings is 1. The Balaban J connectivity index is 1.35. The van der Waals surface area contributed by atoms with Crippen LogP contribution >= 0.6 is 11.3 Å². The van der Waals surface area contributed by atoms with Crippen molar-refractivity contribution in [3.8, 4) is 11.5 Å². The van der Waals surface area contributed by atoms with Gasteiger partial charge in [-0.25, -0.2) is 4.98 Å². The number of carbonyl (C=O) groups is 1. The first-order chi connectivity index (χ1) is 12.3. The molecule has 1 N–H and O–H groups in total. The minimum atomic E-state index is -0.0771. The number of rotatable bonds is 4. The van der Waals surface area contributed by atoms with Gasteiger partial charge in [0, 0.05) is 31.2 Å². The number of pyridine rings is 1. The van der Waals surface area contributed by atoms with Crippen molar-refractivity contribution in [3.63, 3.8) is 0 Å². The van der Waals surface area contributed by atoms with Crippen LogP contribution in [0.1, 0.15) is 22.5 Å². The molecule has 0 saturated carbocycles. The first kappa shape index (κ1) is 16.2. The molecule has 4 heterocycles. The molecule has 7 heteroatoms. The van der Waals surface area contributed by atoms with E-state index in [9.17, 15) is 4.79 Å². The Morgan fingerprint density at radius 2 is 2.28 bits per heavy atom. The van der Waals surface area contributed by atoms with Crippen LogP contribution in [0.4, 0.5) is 5.82 Å². The van der Waals surface area contributed by atoms with E-state index in [1.54, 1.807) is 0 Å². The van der Waals surface area contributed by atoms with Crippen molar-refractivity contribution < 1.29 is 14.3 Å². The molecule has 25 heavy (non-hydrogen) atoms. The van der Waals surface area contributed by atoms with Crippen LogP contribution in [0.3, 0.4) is 0 Å². The number of anilines is 1. The molecule has 0 aliphatic carbocycles. The van der Waals surface area contributed by atoms with Gasteiger partial charge in [-0.1, -0.05) is 6.07 Å². The Kier molecular flexibility index (Phi) is 4.74. The van der Waals surface area contributed by atoms with Gasteiger partial charge in [0.1, 0.15) is 23.9 Å². The van der Waals surface area contributed by atoms with E-state index in [0.717, 1.165) is 31.7 Å². The quantitative estimate of drug-likeness (QED) is 0.909. The molecule has 1 saturated heterocycles. The third kappa shape index (κ3) is 3.56. The fourth-order valence-corrected chi connectivity index (χ4v) is 4.16. The maximum Gasteiger partial charge on any atom is 0.265 e. The van der Waals surface area contributed by atoms with Gasteiger partial charge in [-0.2, -0.15) is 0 Å². The molecule has 2 aromatic rings. The van der Waals surface area contributed by atoms with Gasteiger partial charge in [-0.05, 0) is 30.9 Å². The first-order valence-electron chi connectivity index (χ1n) is 8.62. The number of amides is 1. The predicted octanol–water partition coefficient (Wildman–Crippen LogP) is 2.56. The van der Waals surface area contributed by atoms with Crippen LogP contribution in [-0.2, 0) is 0 Å². The highest BCUT2D eigenvalue weighted by Gasteiger charge is 2.25. The molecule has 0 spiro atoms. The Morgan fingerprint density at radius 3 is 3.16 bits per heavy atom. The number of aromatic nitrogens is 1. The minimum Gasteiger partial charge on any atom is -0.485 e. The molecule has 2 aliphatic rings. The maximum absolute atomic E-state index is 12.5. The molecule has 132 valence electrons. The fourth-order valence-electron chi connectivity index (χ4n) is 3.32. The number of fused-ring (bicyclic) bond motifs is 1. The van der Waals surface area contributed by atoms with Crippen molar-refractivity contribution in [2.24, 2.45) is 5.92 Å². The molecule has 0 unspecified atom stereocenters. The lowest BCUT2D eigenvalue weighted by Gasteiger charge is -2.33. The van der Waals surface area contributed by atoms with Crippen molar-refractivity contribution in [2.45, 2.75) is 12.8 Å². The smallest absolute Gasteiger partial charge is 0.265 e. The number of hydrogen-bond acceptors (Lipinski definition) is 6. The molecule has 0 aromatic carbocycles. The largest absolute Gasteiger partial charge is 0.485 e. The standard InChI is InChI=1S/C18H21N3O3S/c22-18(17-16-14(12-25-17)23-8-9-24-16)20-10-13-4-3-7-21(11-13)15-5-1-2-6-19-15/h1-2,5-6,12-13H,3-4,7-11H2,(H,20,22)/t13-/m1/s1. The predicted molar refractivity (Wildman–Crippen MR) is 96.8 cm³/mol. The molecule has 1 amide bonds. The second kappa shape index (κ2) is 7.31. The highest BCUT2D eigenvalue weighted by atomic mass is 32.1. The Morgan fingerprint density at radius 1 is 1.36 bits per heavy atom. The van der Waals surface area contributed by atoms with Crippen LogP contribution < -0.4 is 19.7 Å². The van der Waals surface area contributed by atoms with Crippen LogP contribution in [0, 0.1) is 5.92 Å². The zero-order valence-corrected chi connectivity index (χ0v) is 14.8. The SMILES string of the molecule is O=C(NC[C@H]1CCCN(c2ccccn2)C1)c1scc2c1OCCO2. The summed E-state index contributed by atoms with van der Waals surface area (Å²) in [6.45, 7) is 3.63. The van der Waals surface area contributed by atoms with E-state index in [2.05, 4.69) is 15.2 Å². The monoisotopic (exact) mass is 359 g/mol. The summed E-state index contributed by atoms with van der Waals surface area (Å²) in [6, 6.07) is 5.98. The lowest BCUT2D eigenvalue weighted by atomic mass is 9.98. The second-order valence-electron chi connectivity index (χ2n) is 6.31. The number of thiophene rings is 1. The Labute approximate surface area is 150 Å². The van der Waals surface area contributed by atoms with Crippen molar-refractivity contribution in [3.05, 3.63) is 34.7 Å². The molecule has 6 nitrogen and oxygen atoms in total. The van der Waals surface area contributed by atoms with Crippen molar-refractivity contribution >= 4 is 23.1 Å². The summed E-state index contributed by atoms with van der Waals surface area (Å²) >= 11 is 1.37. The van der Waals surface area contributed by atoms with E-state index in [4.69, 9.17) is 9.47 Å².